The Morgan fingerprint density at radius 3 is 2.63 bits per heavy atom. The molecule has 100 valence electrons. The molecule has 4 heteroatoms. The summed E-state index contributed by atoms with van der Waals surface area (Å²) in [4.78, 5) is 12.1. The maximum Gasteiger partial charge on any atom is 0.271 e. The molecule has 2 rings (SSSR count). The van der Waals surface area contributed by atoms with Gasteiger partial charge in [0.1, 0.15) is 0 Å². The third kappa shape index (κ3) is 3.24. The van der Waals surface area contributed by atoms with Crippen molar-refractivity contribution < 1.29 is 0 Å². The highest BCUT2D eigenvalue weighted by molar-refractivity contribution is 6.17. The van der Waals surface area contributed by atoms with Gasteiger partial charge >= 0.3 is 0 Å². The van der Waals surface area contributed by atoms with Gasteiger partial charge in [-0.2, -0.15) is 5.10 Å². The largest absolute Gasteiger partial charge is 0.271 e. The van der Waals surface area contributed by atoms with E-state index in [-0.39, 0.29) is 11.4 Å². The van der Waals surface area contributed by atoms with Gasteiger partial charge in [0.05, 0.1) is 11.6 Å². The molecule has 0 unspecified atom stereocenters. The van der Waals surface area contributed by atoms with Gasteiger partial charge in [0.25, 0.3) is 5.56 Å². The molecule has 3 nitrogen and oxygen atoms in total. The predicted molar refractivity (Wildman–Crippen MR) is 78.4 cm³/mol. The molecule has 2 aromatic rings. The van der Waals surface area contributed by atoms with Crippen LogP contribution in [0.15, 0.2) is 41.2 Å². The summed E-state index contributed by atoms with van der Waals surface area (Å²) in [5.74, 6) is 0.216. The number of hydrogen-bond acceptors (Lipinski definition) is 2. The number of halogens is 1. The van der Waals surface area contributed by atoms with Crippen molar-refractivity contribution in [3.63, 3.8) is 0 Å². The highest BCUT2D eigenvalue weighted by Crippen LogP contribution is 2.16. The zero-order valence-electron chi connectivity index (χ0n) is 11.0. The van der Waals surface area contributed by atoms with Crippen LogP contribution in [-0.2, 0) is 12.4 Å². The summed E-state index contributed by atoms with van der Waals surface area (Å²) in [6.45, 7) is 2.73. The van der Waals surface area contributed by atoms with E-state index < -0.39 is 0 Å². The monoisotopic (exact) mass is 276 g/mol. The fourth-order valence-corrected chi connectivity index (χ4v) is 2.09. The van der Waals surface area contributed by atoms with Crippen LogP contribution in [0.1, 0.15) is 25.3 Å². The summed E-state index contributed by atoms with van der Waals surface area (Å²) in [6, 6.07) is 11.6. The van der Waals surface area contributed by atoms with E-state index in [0.29, 0.717) is 12.1 Å². The molecule has 0 aliphatic carbocycles. The van der Waals surface area contributed by atoms with E-state index in [2.05, 4.69) is 12.0 Å². The van der Waals surface area contributed by atoms with E-state index in [1.54, 1.807) is 6.07 Å². The van der Waals surface area contributed by atoms with Crippen LogP contribution in [0.5, 0.6) is 0 Å². The second kappa shape index (κ2) is 6.53. The standard InChI is InChI=1S/C15H17ClN2O/c1-2-3-9-18-15(19)13(11-16)10-14(17-18)12-7-5-4-6-8-12/h4-8,10H,2-3,9,11H2,1H3. The lowest BCUT2D eigenvalue weighted by Crippen LogP contribution is -2.26. The summed E-state index contributed by atoms with van der Waals surface area (Å²) in [5, 5.41) is 4.43. The minimum atomic E-state index is -0.0804. The second-order valence-corrected chi connectivity index (χ2v) is 4.70. The van der Waals surface area contributed by atoms with Crippen LogP contribution in [0, 0.1) is 0 Å². The van der Waals surface area contributed by atoms with Crippen molar-refractivity contribution in [2.24, 2.45) is 0 Å². The molecule has 0 aliphatic heterocycles. The molecule has 19 heavy (non-hydrogen) atoms. The van der Waals surface area contributed by atoms with Crippen LogP contribution in [-0.4, -0.2) is 9.78 Å². The maximum atomic E-state index is 12.1. The molecule has 0 fully saturated rings. The summed E-state index contributed by atoms with van der Waals surface area (Å²) >= 11 is 5.86. The van der Waals surface area contributed by atoms with Crippen molar-refractivity contribution in [2.75, 3.05) is 0 Å². The highest BCUT2D eigenvalue weighted by Gasteiger charge is 2.08. The summed E-state index contributed by atoms with van der Waals surface area (Å²) in [6.07, 6.45) is 1.97. The van der Waals surface area contributed by atoms with Gasteiger partial charge in [-0.3, -0.25) is 4.79 Å². The lowest BCUT2D eigenvalue weighted by Gasteiger charge is -2.09. The van der Waals surface area contributed by atoms with Gasteiger partial charge in [0.15, 0.2) is 0 Å². The van der Waals surface area contributed by atoms with Gasteiger partial charge in [-0.05, 0) is 12.5 Å². The molecular weight excluding hydrogens is 260 g/mol. The number of aryl methyl sites for hydroxylation is 1. The van der Waals surface area contributed by atoms with Gasteiger partial charge in [0, 0.05) is 17.7 Å². The summed E-state index contributed by atoms with van der Waals surface area (Å²) < 4.78 is 1.53. The molecular formula is C15H17ClN2O. The van der Waals surface area contributed by atoms with E-state index >= 15 is 0 Å². The number of aromatic nitrogens is 2. The Hall–Kier alpha value is -1.61. The van der Waals surface area contributed by atoms with Crippen LogP contribution in [0.25, 0.3) is 11.3 Å². The Balaban J connectivity index is 2.48. The van der Waals surface area contributed by atoms with E-state index in [0.717, 1.165) is 24.1 Å². The topological polar surface area (TPSA) is 34.9 Å². The molecule has 0 N–H and O–H groups in total. The van der Waals surface area contributed by atoms with Crippen LogP contribution in [0.2, 0.25) is 0 Å². The first-order chi connectivity index (χ1) is 9.26. The van der Waals surface area contributed by atoms with Crippen LogP contribution in [0.3, 0.4) is 0 Å². The Bertz CT molecular complexity index is 593. The molecule has 0 spiro atoms. The lowest BCUT2D eigenvalue weighted by molar-refractivity contribution is 0.542. The molecule has 0 atom stereocenters. The normalized spacial score (nSPS) is 10.6. The molecule has 0 amide bonds. The first-order valence-electron chi connectivity index (χ1n) is 6.48. The lowest BCUT2D eigenvalue weighted by atomic mass is 10.1. The van der Waals surface area contributed by atoms with E-state index in [9.17, 15) is 4.79 Å². The minimum Gasteiger partial charge on any atom is -0.267 e. The van der Waals surface area contributed by atoms with Crippen molar-refractivity contribution in [1.29, 1.82) is 0 Å². The Morgan fingerprint density at radius 2 is 2.00 bits per heavy atom. The average molecular weight is 277 g/mol. The summed E-state index contributed by atoms with van der Waals surface area (Å²) in [5.41, 5.74) is 2.32. The van der Waals surface area contributed by atoms with E-state index in [1.165, 1.54) is 4.68 Å². The van der Waals surface area contributed by atoms with E-state index in [4.69, 9.17) is 11.6 Å². The fraction of sp³-hybridized carbons (Fsp3) is 0.333. The number of hydrogen-bond donors (Lipinski definition) is 0. The molecule has 0 bridgehead atoms. The van der Waals surface area contributed by atoms with Gasteiger partial charge in [-0.15, -0.1) is 11.6 Å². The number of benzene rings is 1. The third-order valence-electron chi connectivity index (χ3n) is 2.99. The van der Waals surface area contributed by atoms with Crippen molar-refractivity contribution in [3.8, 4) is 11.3 Å². The quantitative estimate of drug-likeness (QED) is 0.784. The summed E-state index contributed by atoms with van der Waals surface area (Å²) in [7, 11) is 0. The molecule has 1 aromatic carbocycles. The van der Waals surface area contributed by atoms with Crippen molar-refractivity contribution in [1.82, 2.24) is 9.78 Å². The fourth-order valence-electron chi connectivity index (χ4n) is 1.90. The number of nitrogens with zero attached hydrogens (tertiary/aromatic N) is 2. The third-order valence-corrected chi connectivity index (χ3v) is 3.27. The Labute approximate surface area is 117 Å². The predicted octanol–water partition coefficient (Wildman–Crippen LogP) is 3.45. The van der Waals surface area contributed by atoms with Gasteiger partial charge in [-0.1, -0.05) is 43.7 Å². The zero-order valence-corrected chi connectivity index (χ0v) is 11.7. The number of unbranched alkanes of at least 4 members (excludes halogenated alkanes) is 1. The Kier molecular flexibility index (Phi) is 4.74. The van der Waals surface area contributed by atoms with Gasteiger partial charge < -0.3 is 0 Å². The maximum absolute atomic E-state index is 12.1. The van der Waals surface area contributed by atoms with E-state index in [1.807, 2.05) is 30.3 Å². The van der Waals surface area contributed by atoms with Crippen LogP contribution < -0.4 is 5.56 Å². The number of alkyl halides is 1. The second-order valence-electron chi connectivity index (χ2n) is 4.44. The minimum absolute atomic E-state index is 0.0804. The smallest absolute Gasteiger partial charge is 0.267 e. The first-order valence-corrected chi connectivity index (χ1v) is 7.02. The number of rotatable bonds is 5. The van der Waals surface area contributed by atoms with Crippen molar-refractivity contribution in [2.45, 2.75) is 32.2 Å². The van der Waals surface area contributed by atoms with Crippen LogP contribution in [0.4, 0.5) is 0 Å². The zero-order chi connectivity index (χ0) is 13.7. The molecule has 0 saturated heterocycles. The SMILES string of the molecule is CCCCn1nc(-c2ccccc2)cc(CCl)c1=O. The first kappa shape index (κ1) is 13.8. The van der Waals surface area contributed by atoms with Crippen molar-refractivity contribution in [3.05, 3.63) is 52.3 Å². The molecule has 1 heterocycles. The molecule has 0 radical (unpaired) electrons. The molecule has 0 saturated carbocycles. The molecule has 0 aliphatic rings. The van der Waals surface area contributed by atoms with Gasteiger partial charge in [-0.25, -0.2) is 4.68 Å². The van der Waals surface area contributed by atoms with Gasteiger partial charge in [0.2, 0.25) is 0 Å². The highest BCUT2D eigenvalue weighted by atomic mass is 35.5. The molecule has 1 aromatic heterocycles. The van der Waals surface area contributed by atoms with Crippen LogP contribution >= 0.6 is 11.6 Å². The Morgan fingerprint density at radius 1 is 1.26 bits per heavy atom. The average Bonchev–Trinajstić information content (AvgIpc) is 2.47. The van der Waals surface area contributed by atoms with Crippen molar-refractivity contribution >= 4 is 11.6 Å².